The second kappa shape index (κ2) is 20.3. The molecule has 0 rings (SSSR count). The van der Waals surface area contributed by atoms with Crippen molar-refractivity contribution < 1.29 is 42.9 Å². The number of alkyl carbamates (subject to hydrolysis) is 2. The molecule has 37 heavy (non-hydrogen) atoms. The van der Waals surface area contributed by atoms with E-state index in [0.717, 1.165) is 7.11 Å². The van der Waals surface area contributed by atoms with Crippen LogP contribution >= 0.6 is 0 Å². The summed E-state index contributed by atoms with van der Waals surface area (Å²) < 4.78 is 20.0. The van der Waals surface area contributed by atoms with Crippen molar-refractivity contribution in [2.45, 2.75) is 96.9 Å². The minimum absolute atomic E-state index is 0. The Labute approximate surface area is 212 Å². The van der Waals surface area contributed by atoms with Gasteiger partial charge in [-0.3, -0.25) is 4.79 Å². The monoisotopic (exact) mass is 778 g/mol. The Morgan fingerprint density at radius 1 is 0.892 bits per heavy atom. The van der Waals surface area contributed by atoms with E-state index in [-0.39, 0.29) is 13.0 Å². The third-order valence-corrected chi connectivity index (χ3v) is 3.99. The average molecular weight is 779 g/mol. The second-order valence-electron chi connectivity index (χ2n) is 9.70. The van der Waals surface area contributed by atoms with Gasteiger partial charge in [-0.25, -0.2) is 9.59 Å². The summed E-state index contributed by atoms with van der Waals surface area (Å²) in [7, 11) is 0.958. The zero-order valence-electron chi connectivity index (χ0n) is 22.6. The summed E-state index contributed by atoms with van der Waals surface area (Å²) >= 11 is 0. The Bertz CT molecular complexity index is 672. The van der Waals surface area contributed by atoms with Gasteiger partial charge in [-0.05, 0) is 78.2 Å². The fourth-order valence-electron chi connectivity index (χ4n) is 2.60. The molecule has 2 atom stereocenters. The van der Waals surface area contributed by atoms with E-state index in [0.29, 0.717) is 38.5 Å². The molecule has 4 N–H and O–H groups in total. The van der Waals surface area contributed by atoms with E-state index in [2.05, 4.69) is 26.2 Å². The summed E-state index contributed by atoms with van der Waals surface area (Å²) in [5.74, 6) is -0.514. The molecular formula is C23H42FFmN4O8-. The Morgan fingerprint density at radius 2 is 1.35 bits per heavy atom. The first-order chi connectivity index (χ1) is 16.7. The summed E-state index contributed by atoms with van der Waals surface area (Å²) in [5, 5.41) is 10.1. The molecule has 14 heteroatoms. The van der Waals surface area contributed by atoms with Crippen LogP contribution in [0, 0.1) is 0 Å². The van der Waals surface area contributed by atoms with E-state index >= 15 is 0 Å². The number of unbranched alkanes of at least 4 members (excludes halogenated alkanes) is 1. The molecule has 0 fully saturated rings. The number of halogens is 1. The number of carbonyl (C=O) groups excluding carboxylic acids is 5. The van der Waals surface area contributed by atoms with Crippen molar-refractivity contribution in [1.82, 2.24) is 21.3 Å². The second-order valence-corrected chi connectivity index (χ2v) is 9.70. The van der Waals surface area contributed by atoms with Gasteiger partial charge in [0.25, 0.3) is 0 Å². The number of rotatable bonds is 14. The third-order valence-electron chi connectivity index (χ3n) is 3.99. The summed E-state index contributed by atoms with van der Waals surface area (Å²) in [6.45, 7) is 11.2. The predicted molar refractivity (Wildman–Crippen MR) is 130 cm³/mol. The van der Waals surface area contributed by atoms with E-state index in [1.165, 1.54) is 6.41 Å². The molecule has 0 aromatic rings. The van der Waals surface area contributed by atoms with E-state index in [1.54, 1.807) is 41.5 Å². The molecule has 0 aliphatic carbocycles. The maximum absolute atomic E-state index is 12.4. The van der Waals surface area contributed by atoms with Gasteiger partial charge in [0.2, 0.25) is 5.91 Å². The van der Waals surface area contributed by atoms with Gasteiger partial charge in [-0.2, -0.15) is 11.4 Å². The largest absolute Gasteiger partial charge is 0.520 e. The molecule has 0 heterocycles. The zero-order chi connectivity index (χ0) is 28.2. The third kappa shape index (κ3) is 25.0. The first kappa shape index (κ1) is 37.6. The molecule has 0 aliphatic heterocycles. The van der Waals surface area contributed by atoms with Crippen LogP contribution in [0.3, 0.4) is 0 Å². The Kier molecular flexibility index (Phi) is 20.6. The number of carbonyl (C=O) groups is 4. The van der Waals surface area contributed by atoms with Crippen LogP contribution in [0.4, 0.5) is 14.1 Å². The average Bonchev–Trinajstić information content (AvgIpc) is 2.72. The number of nitrogens with one attached hydrogen (secondary N) is 4. The zero-order valence-corrected chi connectivity index (χ0v) is 25.0. The fourth-order valence-corrected chi connectivity index (χ4v) is 2.60. The van der Waals surface area contributed by atoms with Crippen LogP contribution in [0.5, 0.6) is 0 Å². The van der Waals surface area contributed by atoms with Crippen molar-refractivity contribution in [3.63, 3.8) is 0 Å². The van der Waals surface area contributed by atoms with Crippen LogP contribution in [0.25, 0.3) is 0 Å². The number of aldehydes is 1. The number of ether oxygens (including phenoxy) is 2. The number of hydrogen-bond acceptors (Lipinski definition) is 8. The summed E-state index contributed by atoms with van der Waals surface area (Å²) in [6, 6.07) is -1.62. The standard InChI is InChI=1S/C22H39N4O7.CH3FO.Fm/c1-21(2,3)32-19(30)23-12-8-7-10-16(14-27)26-18(29)17(25-15-28)11-9-13-24-20(31)33-22(4,5)6;1-3-2;/h14,16-17H,7-13H2,1-6H3,(H,23,30)(H,24,31)(H,25,28)(H,26,29);1H3;/q-1;;/t16?,17-;;/m0../s1. The van der Waals surface area contributed by atoms with Gasteiger partial charge in [0.05, 0.1) is 19.2 Å². The Balaban J connectivity index is -0.00000274. The van der Waals surface area contributed by atoms with Gasteiger partial charge in [-0.15, -0.1) is 0 Å². The minimum Gasteiger partial charge on any atom is -0.520 e. The molecule has 222 valence electrons. The van der Waals surface area contributed by atoms with E-state index in [4.69, 9.17) is 9.47 Å². The van der Waals surface area contributed by atoms with Crippen molar-refractivity contribution in [2.75, 3.05) is 20.2 Å². The Hall–Kier alpha value is -3.96. The molecule has 0 bridgehead atoms. The first-order valence-electron chi connectivity index (χ1n) is 11.7. The van der Waals surface area contributed by atoms with E-state index in [1.807, 2.05) is 0 Å². The van der Waals surface area contributed by atoms with Gasteiger partial charge in [-0.1, -0.05) is 0 Å². The van der Waals surface area contributed by atoms with Crippen molar-refractivity contribution in [2.24, 2.45) is 0 Å². The fraction of sp³-hybridized carbons (Fsp3) is 0.783. The number of hydrogen-bond donors (Lipinski definition) is 4. The molecule has 0 aliphatic rings. The maximum atomic E-state index is 12.4. The molecule has 4 amide bonds. The summed E-state index contributed by atoms with van der Waals surface area (Å²) in [6.07, 6.45) is 3.23. The SMILES string of the molecule is CC(C)(C)OC(=O)NCCCCC(C=O)NC(=O)[C@H](CCCNC(=O)OC(C)(C)C)N[C-]=O.COF.[Fm]. The van der Waals surface area contributed by atoms with Crippen molar-refractivity contribution in [3.8, 4) is 0 Å². The van der Waals surface area contributed by atoms with Crippen LogP contribution in [0.2, 0.25) is 0 Å². The predicted octanol–water partition coefficient (Wildman–Crippen LogP) is 2.21. The van der Waals surface area contributed by atoms with Gasteiger partial charge in [0.1, 0.15) is 17.5 Å². The van der Waals surface area contributed by atoms with Crippen molar-refractivity contribution in [3.05, 3.63) is 0 Å². The molecule has 12 nitrogen and oxygen atoms in total. The maximum Gasteiger partial charge on any atom is 0.407 e. The van der Waals surface area contributed by atoms with Crippen LogP contribution < -0.4 is 21.3 Å². The van der Waals surface area contributed by atoms with Crippen molar-refractivity contribution >= 4 is 30.8 Å². The van der Waals surface area contributed by atoms with Crippen molar-refractivity contribution in [1.29, 1.82) is 0 Å². The van der Waals surface area contributed by atoms with Crippen LogP contribution in [0.15, 0.2) is 0 Å². The van der Waals surface area contributed by atoms with Crippen LogP contribution in [-0.2, 0) is 28.8 Å². The summed E-state index contributed by atoms with van der Waals surface area (Å²) in [4.78, 5) is 60.5. The molecule has 1 unspecified atom stereocenters. The van der Waals surface area contributed by atoms with Gasteiger partial charge in [0.15, 0.2) is 0 Å². The quantitative estimate of drug-likeness (QED) is 0.0905. The Morgan fingerprint density at radius 3 is 1.76 bits per heavy atom. The smallest absolute Gasteiger partial charge is 0.407 e. The van der Waals surface area contributed by atoms with Crippen LogP contribution in [0.1, 0.15) is 73.6 Å². The molecule has 0 saturated heterocycles. The number of amides is 4. The topological polar surface area (TPSA) is 161 Å². The molecule has 0 radical (unpaired) electrons. The normalized spacial score (nSPS) is 12.2. The summed E-state index contributed by atoms with van der Waals surface area (Å²) in [5.41, 5.74) is -1.19. The molecule has 0 spiro atoms. The molecule has 0 aromatic carbocycles. The van der Waals surface area contributed by atoms with Gasteiger partial charge < -0.3 is 40.3 Å². The van der Waals surface area contributed by atoms with Gasteiger partial charge >= 0.3 is 12.2 Å². The van der Waals surface area contributed by atoms with Gasteiger partial charge in [0, 0.05) is 13.1 Å². The molecule has 0 aromatic heterocycles. The van der Waals surface area contributed by atoms with E-state index < -0.39 is 41.4 Å². The van der Waals surface area contributed by atoms with Crippen LogP contribution in [-0.4, -0.2) is 74.3 Å². The first-order valence-corrected chi connectivity index (χ1v) is 11.7. The molecular weight excluding hydrogens is 736 g/mol. The van der Waals surface area contributed by atoms with E-state index in [9.17, 15) is 28.5 Å². The molecule has 0 saturated carbocycles. The minimum atomic E-state index is -0.890.